The Morgan fingerprint density at radius 2 is 0.783 bits per heavy atom. The highest BCUT2D eigenvalue weighted by atomic mass is 35.5. The molecule has 0 rings (SSSR count). The van der Waals surface area contributed by atoms with Gasteiger partial charge in [0.05, 0.1) is 0 Å². The SMILES string of the molecule is CCCCCCCCC(N)(CCCC)CCCCCCCC.Cl. The number of rotatable bonds is 17. The van der Waals surface area contributed by atoms with Gasteiger partial charge in [0.15, 0.2) is 0 Å². The first-order valence-corrected chi connectivity index (χ1v) is 10.5. The molecular formula is C21H46ClN. The highest BCUT2D eigenvalue weighted by Gasteiger charge is 2.22. The van der Waals surface area contributed by atoms with Crippen molar-refractivity contribution in [2.24, 2.45) is 5.73 Å². The standard InChI is InChI=1S/C21H45N.ClH/c1-4-7-10-12-14-16-19-21(22,18-9-6-3)20-17-15-13-11-8-5-2;/h4-20,22H2,1-3H3;1H. The predicted molar refractivity (Wildman–Crippen MR) is 110 cm³/mol. The Balaban J connectivity index is 0. The van der Waals surface area contributed by atoms with Gasteiger partial charge in [-0.05, 0) is 19.3 Å². The van der Waals surface area contributed by atoms with Crippen LogP contribution in [-0.4, -0.2) is 5.54 Å². The van der Waals surface area contributed by atoms with Crippen LogP contribution >= 0.6 is 12.4 Å². The molecule has 0 aliphatic carbocycles. The van der Waals surface area contributed by atoms with Crippen molar-refractivity contribution in [3.63, 3.8) is 0 Å². The molecule has 0 aromatic carbocycles. The van der Waals surface area contributed by atoms with Crippen molar-refractivity contribution >= 4 is 12.4 Å². The minimum absolute atomic E-state index is 0. The monoisotopic (exact) mass is 347 g/mol. The number of halogens is 1. The van der Waals surface area contributed by atoms with Crippen LogP contribution in [0.25, 0.3) is 0 Å². The van der Waals surface area contributed by atoms with Gasteiger partial charge in [0.25, 0.3) is 0 Å². The van der Waals surface area contributed by atoms with Crippen molar-refractivity contribution in [1.29, 1.82) is 0 Å². The zero-order valence-corrected chi connectivity index (χ0v) is 17.3. The Morgan fingerprint density at radius 1 is 0.478 bits per heavy atom. The molecule has 0 fully saturated rings. The van der Waals surface area contributed by atoms with E-state index < -0.39 is 0 Å². The Bertz CT molecular complexity index is 202. The number of hydrogen-bond acceptors (Lipinski definition) is 1. The smallest absolute Gasteiger partial charge is 0.0154 e. The average molecular weight is 348 g/mol. The Morgan fingerprint density at radius 3 is 1.17 bits per heavy atom. The molecule has 0 amide bonds. The van der Waals surface area contributed by atoms with E-state index in [1.54, 1.807) is 0 Å². The topological polar surface area (TPSA) is 26.0 Å². The molecule has 142 valence electrons. The predicted octanol–water partition coefficient (Wildman–Crippen LogP) is 7.80. The van der Waals surface area contributed by atoms with Gasteiger partial charge in [0.2, 0.25) is 0 Å². The summed E-state index contributed by atoms with van der Waals surface area (Å²) in [4.78, 5) is 0. The van der Waals surface area contributed by atoms with Crippen LogP contribution in [0.4, 0.5) is 0 Å². The molecule has 0 saturated carbocycles. The van der Waals surface area contributed by atoms with E-state index in [0.29, 0.717) is 0 Å². The number of nitrogens with two attached hydrogens (primary N) is 1. The lowest BCUT2D eigenvalue weighted by molar-refractivity contribution is 0.306. The third kappa shape index (κ3) is 16.9. The molecule has 23 heavy (non-hydrogen) atoms. The molecule has 0 radical (unpaired) electrons. The van der Waals surface area contributed by atoms with Gasteiger partial charge in [-0.15, -0.1) is 12.4 Å². The molecule has 0 spiro atoms. The van der Waals surface area contributed by atoms with Crippen LogP contribution < -0.4 is 5.73 Å². The quantitative estimate of drug-likeness (QED) is 0.267. The zero-order valence-electron chi connectivity index (χ0n) is 16.5. The van der Waals surface area contributed by atoms with Crippen LogP contribution in [0.15, 0.2) is 0 Å². The van der Waals surface area contributed by atoms with Gasteiger partial charge in [-0.25, -0.2) is 0 Å². The van der Waals surface area contributed by atoms with Crippen LogP contribution in [-0.2, 0) is 0 Å². The molecule has 2 heteroatoms. The van der Waals surface area contributed by atoms with Gasteiger partial charge in [-0.1, -0.05) is 111 Å². The second-order valence-electron chi connectivity index (χ2n) is 7.50. The molecule has 0 aliphatic rings. The highest BCUT2D eigenvalue weighted by Crippen LogP contribution is 2.26. The van der Waals surface area contributed by atoms with E-state index in [2.05, 4.69) is 20.8 Å². The van der Waals surface area contributed by atoms with E-state index in [1.807, 2.05) is 0 Å². The fraction of sp³-hybridized carbons (Fsp3) is 1.00. The molecule has 0 aromatic rings. The first-order chi connectivity index (χ1) is 10.7. The molecule has 0 aliphatic heterocycles. The third-order valence-corrected chi connectivity index (χ3v) is 5.08. The van der Waals surface area contributed by atoms with Gasteiger partial charge >= 0.3 is 0 Å². The van der Waals surface area contributed by atoms with Crippen molar-refractivity contribution < 1.29 is 0 Å². The molecule has 0 unspecified atom stereocenters. The van der Waals surface area contributed by atoms with Gasteiger partial charge in [-0.3, -0.25) is 0 Å². The second-order valence-corrected chi connectivity index (χ2v) is 7.50. The van der Waals surface area contributed by atoms with E-state index in [-0.39, 0.29) is 17.9 Å². The van der Waals surface area contributed by atoms with Crippen LogP contribution in [0.5, 0.6) is 0 Å². The molecule has 0 bridgehead atoms. The summed E-state index contributed by atoms with van der Waals surface area (Å²) in [5, 5.41) is 0. The van der Waals surface area contributed by atoms with Gasteiger partial charge in [0.1, 0.15) is 0 Å². The maximum Gasteiger partial charge on any atom is 0.0154 e. The molecule has 0 heterocycles. The van der Waals surface area contributed by atoms with Crippen molar-refractivity contribution in [1.82, 2.24) is 0 Å². The maximum absolute atomic E-state index is 6.77. The summed E-state index contributed by atoms with van der Waals surface area (Å²) in [5.74, 6) is 0. The number of hydrogen-bond donors (Lipinski definition) is 1. The van der Waals surface area contributed by atoms with Crippen molar-refractivity contribution in [2.45, 2.75) is 135 Å². The Labute approximate surface area is 154 Å². The van der Waals surface area contributed by atoms with Crippen LogP contribution in [0, 0.1) is 0 Å². The molecule has 1 nitrogen and oxygen atoms in total. The molecule has 2 N–H and O–H groups in total. The fourth-order valence-corrected chi connectivity index (χ4v) is 3.42. The summed E-state index contributed by atoms with van der Waals surface area (Å²) in [6, 6.07) is 0. The average Bonchev–Trinajstić information content (AvgIpc) is 2.52. The van der Waals surface area contributed by atoms with E-state index in [0.717, 1.165) is 0 Å². The van der Waals surface area contributed by atoms with Crippen LogP contribution in [0.3, 0.4) is 0 Å². The van der Waals surface area contributed by atoms with Crippen molar-refractivity contribution in [3.05, 3.63) is 0 Å². The lowest BCUT2D eigenvalue weighted by Crippen LogP contribution is -2.39. The van der Waals surface area contributed by atoms with Crippen LogP contribution in [0.1, 0.15) is 130 Å². The summed E-state index contributed by atoms with van der Waals surface area (Å²) < 4.78 is 0. The lowest BCUT2D eigenvalue weighted by atomic mass is 9.83. The van der Waals surface area contributed by atoms with E-state index in [9.17, 15) is 0 Å². The second kappa shape index (κ2) is 18.6. The molecule has 0 saturated heterocycles. The fourth-order valence-electron chi connectivity index (χ4n) is 3.42. The summed E-state index contributed by atoms with van der Waals surface area (Å²) >= 11 is 0. The zero-order chi connectivity index (χ0) is 16.5. The van der Waals surface area contributed by atoms with E-state index >= 15 is 0 Å². The highest BCUT2D eigenvalue weighted by molar-refractivity contribution is 5.85. The minimum Gasteiger partial charge on any atom is -0.325 e. The molecular weight excluding hydrogens is 302 g/mol. The largest absolute Gasteiger partial charge is 0.325 e. The van der Waals surface area contributed by atoms with E-state index in [1.165, 1.54) is 109 Å². The minimum atomic E-state index is 0. The summed E-state index contributed by atoms with van der Waals surface area (Å²) in [7, 11) is 0. The summed E-state index contributed by atoms with van der Waals surface area (Å²) in [6.45, 7) is 6.86. The van der Waals surface area contributed by atoms with Crippen LogP contribution in [0.2, 0.25) is 0 Å². The van der Waals surface area contributed by atoms with E-state index in [4.69, 9.17) is 5.73 Å². The Kier molecular flexibility index (Phi) is 20.6. The van der Waals surface area contributed by atoms with Gasteiger partial charge in [-0.2, -0.15) is 0 Å². The third-order valence-electron chi connectivity index (χ3n) is 5.08. The molecule has 0 aromatic heterocycles. The number of unbranched alkanes of at least 4 members (excludes halogenated alkanes) is 11. The normalized spacial score (nSPS) is 11.5. The van der Waals surface area contributed by atoms with Crippen molar-refractivity contribution in [3.8, 4) is 0 Å². The summed E-state index contributed by atoms with van der Waals surface area (Å²) in [5.41, 5.74) is 6.91. The first-order valence-electron chi connectivity index (χ1n) is 10.5. The lowest BCUT2D eigenvalue weighted by Gasteiger charge is -2.30. The first kappa shape index (κ1) is 25.5. The maximum atomic E-state index is 6.77. The Hall–Kier alpha value is 0.250. The van der Waals surface area contributed by atoms with Gasteiger partial charge in [0, 0.05) is 5.54 Å². The van der Waals surface area contributed by atoms with Crippen molar-refractivity contribution in [2.75, 3.05) is 0 Å². The summed E-state index contributed by atoms with van der Waals surface area (Å²) in [6.07, 6.45) is 23.0. The molecule has 0 atom stereocenters. The van der Waals surface area contributed by atoms with Gasteiger partial charge < -0.3 is 5.73 Å².